The summed E-state index contributed by atoms with van der Waals surface area (Å²) in [6.45, 7) is 5.18. The molecule has 0 spiro atoms. The molecule has 0 radical (unpaired) electrons. The maximum atomic E-state index is 11.9. The predicted molar refractivity (Wildman–Crippen MR) is 59.9 cm³/mol. The number of ether oxygens (including phenoxy) is 1. The van der Waals surface area contributed by atoms with E-state index in [4.69, 9.17) is 4.74 Å². The fourth-order valence-electron chi connectivity index (χ4n) is 1.57. The number of hydrogen-bond donors (Lipinski definition) is 1. The SMILES string of the molecule is COC(C)(C)CC(=O)N1CCCNC(=O)C1. The molecule has 1 fully saturated rings. The van der Waals surface area contributed by atoms with E-state index in [0.29, 0.717) is 19.5 Å². The summed E-state index contributed by atoms with van der Waals surface area (Å²) < 4.78 is 5.21. The Balaban J connectivity index is 2.55. The van der Waals surface area contributed by atoms with Crippen LogP contribution in [0.25, 0.3) is 0 Å². The van der Waals surface area contributed by atoms with Crippen molar-refractivity contribution in [2.75, 3.05) is 26.7 Å². The molecule has 0 aromatic carbocycles. The minimum atomic E-state index is -0.472. The van der Waals surface area contributed by atoms with Crippen molar-refractivity contribution in [3.05, 3.63) is 0 Å². The second-order valence-corrected chi connectivity index (χ2v) is 4.66. The van der Waals surface area contributed by atoms with Crippen molar-refractivity contribution in [2.45, 2.75) is 32.3 Å². The molecule has 0 aliphatic carbocycles. The molecule has 0 unspecified atom stereocenters. The van der Waals surface area contributed by atoms with Gasteiger partial charge in [-0.1, -0.05) is 0 Å². The Morgan fingerprint density at radius 1 is 1.56 bits per heavy atom. The Labute approximate surface area is 96.1 Å². The Morgan fingerprint density at radius 3 is 2.88 bits per heavy atom. The number of hydrogen-bond acceptors (Lipinski definition) is 3. The summed E-state index contributed by atoms with van der Waals surface area (Å²) in [6, 6.07) is 0. The minimum Gasteiger partial charge on any atom is -0.378 e. The molecule has 16 heavy (non-hydrogen) atoms. The third kappa shape index (κ3) is 3.81. The molecule has 1 aliphatic rings. The number of rotatable bonds is 3. The molecule has 5 heteroatoms. The first-order valence-electron chi connectivity index (χ1n) is 5.54. The number of carbonyl (C=O) groups excluding carboxylic acids is 2. The van der Waals surface area contributed by atoms with E-state index in [1.54, 1.807) is 12.0 Å². The number of nitrogens with zero attached hydrogens (tertiary/aromatic N) is 1. The van der Waals surface area contributed by atoms with E-state index in [1.807, 2.05) is 13.8 Å². The van der Waals surface area contributed by atoms with Gasteiger partial charge < -0.3 is 15.0 Å². The molecule has 5 nitrogen and oxygen atoms in total. The standard InChI is InChI=1S/C11H20N2O3/c1-11(2,16-3)7-10(15)13-6-4-5-12-9(14)8-13/h4-8H2,1-3H3,(H,12,14). The Bertz CT molecular complexity index is 276. The maximum Gasteiger partial charge on any atom is 0.239 e. The summed E-state index contributed by atoms with van der Waals surface area (Å²) in [4.78, 5) is 24.8. The van der Waals surface area contributed by atoms with Gasteiger partial charge in [0.1, 0.15) is 0 Å². The van der Waals surface area contributed by atoms with Gasteiger partial charge in [-0.2, -0.15) is 0 Å². The minimum absolute atomic E-state index is 0.0242. The van der Waals surface area contributed by atoms with Crippen LogP contribution in [0.4, 0.5) is 0 Å². The molecular weight excluding hydrogens is 208 g/mol. The second kappa shape index (κ2) is 5.30. The van der Waals surface area contributed by atoms with Crippen molar-refractivity contribution in [2.24, 2.45) is 0 Å². The summed E-state index contributed by atoms with van der Waals surface area (Å²) >= 11 is 0. The third-order valence-corrected chi connectivity index (χ3v) is 2.74. The van der Waals surface area contributed by atoms with Crippen LogP contribution in [0.3, 0.4) is 0 Å². The van der Waals surface area contributed by atoms with Crippen LogP contribution in [-0.2, 0) is 14.3 Å². The normalized spacial score (nSPS) is 17.9. The topological polar surface area (TPSA) is 58.6 Å². The van der Waals surface area contributed by atoms with Gasteiger partial charge in [-0.05, 0) is 20.3 Å². The number of methoxy groups -OCH3 is 1. The van der Waals surface area contributed by atoms with E-state index >= 15 is 0 Å². The van der Waals surface area contributed by atoms with Crippen molar-refractivity contribution < 1.29 is 14.3 Å². The second-order valence-electron chi connectivity index (χ2n) is 4.66. The van der Waals surface area contributed by atoms with E-state index in [9.17, 15) is 9.59 Å². The van der Waals surface area contributed by atoms with E-state index in [2.05, 4.69) is 5.32 Å². The number of carbonyl (C=O) groups is 2. The zero-order valence-electron chi connectivity index (χ0n) is 10.2. The molecule has 1 N–H and O–H groups in total. The van der Waals surface area contributed by atoms with Gasteiger partial charge in [-0.15, -0.1) is 0 Å². The maximum absolute atomic E-state index is 11.9. The summed E-state index contributed by atoms with van der Waals surface area (Å²) in [5, 5.41) is 2.74. The van der Waals surface area contributed by atoms with Crippen LogP contribution in [0.15, 0.2) is 0 Å². The molecule has 1 rings (SSSR count). The zero-order chi connectivity index (χ0) is 12.2. The molecule has 2 amide bonds. The average molecular weight is 228 g/mol. The lowest BCUT2D eigenvalue weighted by Crippen LogP contribution is -2.41. The van der Waals surface area contributed by atoms with Gasteiger partial charge in [0.15, 0.2) is 0 Å². The smallest absolute Gasteiger partial charge is 0.239 e. The molecule has 1 saturated heterocycles. The van der Waals surface area contributed by atoms with E-state index in [1.165, 1.54) is 0 Å². The zero-order valence-corrected chi connectivity index (χ0v) is 10.2. The highest BCUT2D eigenvalue weighted by atomic mass is 16.5. The number of amides is 2. The van der Waals surface area contributed by atoms with Gasteiger partial charge in [0.05, 0.1) is 18.6 Å². The highest BCUT2D eigenvalue weighted by Crippen LogP contribution is 2.15. The van der Waals surface area contributed by atoms with Crippen LogP contribution in [0.2, 0.25) is 0 Å². The quantitative estimate of drug-likeness (QED) is 0.748. The highest BCUT2D eigenvalue weighted by molar-refractivity contribution is 5.85. The lowest BCUT2D eigenvalue weighted by atomic mass is 10.0. The first-order valence-corrected chi connectivity index (χ1v) is 5.54. The van der Waals surface area contributed by atoms with Gasteiger partial charge >= 0.3 is 0 Å². The molecule has 1 aliphatic heterocycles. The van der Waals surface area contributed by atoms with Crippen molar-refractivity contribution >= 4 is 11.8 Å². The summed E-state index contributed by atoms with van der Waals surface area (Å²) in [7, 11) is 1.59. The van der Waals surface area contributed by atoms with Crippen LogP contribution < -0.4 is 5.32 Å². The first-order chi connectivity index (χ1) is 7.44. The monoisotopic (exact) mass is 228 g/mol. The van der Waals surface area contributed by atoms with Gasteiger partial charge in [-0.25, -0.2) is 0 Å². The van der Waals surface area contributed by atoms with E-state index in [0.717, 1.165) is 6.42 Å². The lowest BCUT2D eigenvalue weighted by Gasteiger charge is -2.26. The summed E-state index contributed by atoms with van der Waals surface area (Å²) in [5.41, 5.74) is -0.472. The van der Waals surface area contributed by atoms with Gasteiger partial charge in [0, 0.05) is 20.2 Å². The average Bonchev–Trinajstić information content (AvgIpc) is 2.42. The van der Waals surface area contributed by atoms with Crippen LogP contribution >= 0.6 is 0 Å². The summed E-state index contributed by atoms with van der Waals surface area (Å²) in [6.07, 6.45) is 1.11. The van der Waals surface area contributed by atoms with Crippen molar-refractivity contribution in [3.8, 4) is 0 Å². The molecule has 1 heterocycles. The lowest BCUT2D eigenvalue weighted by molar-refractivity contribution is -0.139. The molecule has 92 valence electrons. The predicted octanol–water partition coefficient (Wildman–Crippen LogP) is 0.150. The van der Waals surface area contributed by atoms with E-state index < -0.39 is 5.60 Å². The first kappa shape index (κ1) is 13.0. The molecule has 0 aromatic rings. The van der Waals surface area contributed by atoms with Crippen molar-refractivity contribution in [1.82, 2.24) is 10.2 Å². The molecule has 0 saturated carbocycles. The molecule has 0 aromatic heterocycles. The fraction of sp³-hybridized carbons (Fsp3) is 0.818. The van der Waals surface area contributed by atoms with E-state index in [-0.39, 0.29) is 18.4 Å². The van der Waals surface area contributed by atoms with Gasteiger partial charge in [0.25, 0.3) is 0 Å². The largest absolute Gasteiger partial charge is 0.378 e. The molecule has 0 atom stereocenters. The van der Waals surface area contributed by atoms with Crippen LogP contribution in [0.5, 0.6) is 0 Å². The number of nitrogens with one attached hydrogen (secondary N) is 1. The highest BCUT2D eigenvalue weighted by Gasteiger charge is 2.26. The third-order valence-electron chi connectivity index (χ3n) is 2.74. The molecular formula is C11H20N2O3. The Morgan fingerprint density at radius 2 is 2.25 bits per heavy atom. The van der Waals surface area contributed by atoms with Crippen molar-refractivity contribution in [3.63, 3.8) is 0 Å². The van der Waals surface area contributed by atoms with Gasteiger partial charge in [0.2, 0.25) is 11.8 Å². The van der Waals surface area contributed by atoms with Crippen molar-refractivity contribution in [1.29, 1.82) is 0 Å². The summed E-state index contributed by atoms with van der Waals surface area (Å²) in [5.74, 6) is -0.107. The Kier molecular flexibility index (Phi) is 4.29. The van der Waals surface area contributed by atoms with Crippen LogP contribution in [0, 0.1) is 0 Å². The Hall–Kier alpha value is -1.10. The van der Waals surface area contributed by atoms with Crippen LogP contribution in [-0.4, -0.2) is 49.1 Å². The molecule has 0 bridgehead atoms. The van der Waals surface area contributed by atoms with Crippen LogP contribution in [0.1, 0.15) is 26.7 Å². The fourth-order valence-corrected chi connectivity index (χ4v) is 1.57. The van der Waals surface area contributed by atoms with Gasteiger partial charge in [-0.3, -0.25) is 9.59 Å².